The topological polar surface area (TPSA) is 90.0 Å². The van der Waals surface area contributed by atoms with Crippen molar-refractivity contribution in [3.63, 3.8) is 0 Å². The van der Waals surface area contributed by atoms with Gasteiger partial charge >= 0.3 is 0 Å². The number of amides is 1. The second-order valence-electron chi connectivity index (χ2n) is 5.52. The smallest absolute Gasteiger partial charge is 0.274 e. The van der Waals surface area contributed by atoms with Crippen molar-refractivity contribution in [2.24, 2.45) is 5.73 Å². The lowest BCUT2D eigenvalue weighted by Crippen LogP contribution is -2.46. The number of carbonyl (C=O) groups excluding carboxylic acids is 1. The molecule has 1 aromatic heterocycles. The summed E-state index contributed by atoms with van der Waals surface area (Å²) in [5, 5.41) is 8.42. The Balaban J connectivity index is 2.09. The standard InChI is InChI=1S/C16H22N4O2/c1-3-6-14(17)15(21)19-11(2)10-20-16(22)13-8-5-4-7-12(13)9-18-20/h4-5,7-9,11,14H,3,6,10,17H2,1-2H3,(H,19,21). The maximum absolute atomic E-state index is 12.3. The van der Waals surface area contributed by atoms with Crippen molar-refractivity contribution in [1.29, 1.82) is 0 Å². The second kappa shape index (κ2) is 7.17. The van der Waals surface area contributed by atoms with Crippen LogP contribution >= 0.6 is 0 Å². The highest BCUT2D eigenvalue weighted by atomic mass is 16.2. The van der Waals surface area contributed by atoms with Crippen LogP contribution in [0.2, 0.25) is 0 Å². The molecule has 0 bridgehead atoms. The van der Waals surface area contributed by atoms with E-state index in [2.05, 4.69) is 10.4 Å². The summed E-state index contributed by atoms with van der Waals surface area (Å²) >= 11 is 0. The Hall–Kier alpha value is -2.21. The van der Waals surface area contributed by atoms with Crippen molar-refractivity contribution in [3.8, 4) is 0 Å². The summed E-state index contributed by atoms with van der Waals surface area (Å²) in [6.07, 6.45) is 3.16. The number of nitrogens with zero attached hydrogens (tertiary/aromatic N) is 2. The van der Waals surface area contributed by atoms with E-state index < -0.39 is 6.04 Å². The van der Waals surface area contributed by atoms with Gasteiger partial charge in [0.25, 0.3) is 5.56 Å². The number of benzene rings is 1. The molecule has 0 radical (unpaired) electrons. The third-order valence-corrected chi connectivity index (χ3v) is 3.53. The van der Waals surface area contributed by atoms with Crippen LogP contribution < -0.4 is 16.6 Å². The molecule has 0 spiro atoms. The first kappa shape index (κ1) is 16.2. The number of fused-ring (bicyclic) bond motifs is 1. The van der Waals surface area contributed by atoms with E-state index in [0.717, 1.165) is 11.8 Å². The first-order valence-corrected chi connectivity index (χ1v) is 7.53. The number of hydrogen-bond donors (Lipinski definition) is 2. The first-order valence-electron chi connectivity index (χ1n) is 7.53. The Morgan fingerprint density at radius 2 is 2.14 bits per heavy atom. The average molecular weight is 302 g/mol. The van der Waals surface area contributed by atoms with E-state index in [9.17, 15) is 9.59 Å². The molecule has 0 saturated heterocycles. The fourth-order valence-corrected chi connectivity index (χ4v) is 2.35. The maximum Gasteiger partial charge on any atom is 0.274 e. The molecule has 118 valence electrons. The summed E-state index contributed by atoms with van der Waals surface area (Å²) < 4.78 is 1.37. The van der Waals surface area contributed by atoms with Gasteiger partial charge in [0.15, 0.2) is 0 Å². The van der Waals surface area contributed by atoms with Gasteiger partial charge in [-0.2, -0.15) is 5.10 Å². The monoisotopic (exact) mass is 302 g/mol. The van der Waals surface area contributed by atoms with E-state index in [1.54, 1.807) is 12.3 Å². The minimum Gasteiger partial charge on any atom is -0.350 e. The van der Waals surface area contributed by atoms with Crippen LogP contribution in [-0.4, -0.2) is 27.8 Å². The van der Waals surface area contributed by atoms with Crippen molar-refractivity contribution in [3.05, 3.63) is 40.8 Å². The van der Waals surface area contributed by atoms with Crippen LogP contribution in [0.4, 0.5) is 0 Å². The number of nitrogens with one attached hydrogen (secondary N) is 1. The van der Waals surface area contributed by atoms with E-state index >= 15 is 0 Å². The van der Waals surface area contributed by atoms with Gasteiger partial charge in [-0.15, -0.1) is 0 Å². The summed E-state index contributed by atoms with van der Waals surface area (Å²) in [6.45, 7) is 4.13. The molecule has 2 aromatic rings. The Morgan fingerprint density at radius 1 is 1.41 bits per heavy atom. The van der Waals surface area contributed by atoms with Gasteiger partial charge in [0.1, 0.15) is 0 Å². The Bertz CT molecular complexity index is 711. The summed E-state index contributed by atoms with van der Waals surface area (Å²) in [5.41, 5.74) is 5.62. The van der Waals surface area contributed by atoms with E-state index in [4.69, 9.17) is 5.73 Å². The van der Waals surface area contributed by atoms with Crippen LogP contribution in [0.25, 0.3) is 10.8 Å². The fraction of sp³-hybridized carbons (Fsp3) is 0.438. The van der Waals surface area contributed by atoms with Crippen LogP contribution in [0.5, 0.6) is 0 Å². The molecule has 2 rings (SSSR count). The quantitative estimate of drug-likeness (QED) is 0.834. The van der Waals surface area contributed by atoms with Crippen molar-refractivity contribution < 1.29 is 4.79 Å². The highest BCUT2D eigenvalue weighted by molar-refractivity contribution is 5.81. The summed E-state index contributed by atoms with van der Waals surface area (Å²) in [7, 11) is 0. The SMILES string of the molecule is CCCC(N)C(=O)NC(C)Cn1ncc2ccccc2c1=O. The number of carbonyl (C=O) groups is 1. The second-order valence-corrected chi connectivity index (χ2v) is 5.52. The predicted molar refractivity (Wildman–Crippen MR) is 86.5 cm³/mol. The first-order chi connectivity index (χ1) is 10.5. The fourth-order valence-electron chi connectivity index (χ4n) is 2.35. The van der Waals surface area contributed by atoms with E-state index in [-0.39, 0.29) is 17.5 Å². The van der Waals surface area contributed by atoms with Crippen LogP contribution in [0.15, 0.2) is 35.3 Å². The molecule has 1 aromatic carbocycles. The lowest BCUT2D eigenvalue weighted by atomic mass is 10.1. The van der Waals surface area contributed by atoms with Gasteiger partial charge in [-0.1, -0.05) is 31.5 Å². The average Bonchev–Trinajstić information content (AvgIpc) is 2.50. The number of hydrogen-bond acceptors (Lipinski definition) is 4. The number of rotatable bonds is 6. The summed E-state index contributed by atoms with van der Waals surface area (Å²) in [5.74, 6) is -0.191. The van der Waals surface area contributed by atoms with E-state index in [1.165, 1.54) is 4.68 Å². The largest absolute Gasteiger partial charge is 0.350 e. The molecule has 22 heavy (non-hydrogen) atoms. The van der Waals surface area contributed by atoms with Gasteiger partial charge in [0, 0.05) is 11.4 Å². The van der Waals surface area contributed by atoms with Gasteiger partial charge in [-0.05, 0) is 19.4 Å². The van der Waals surface area contributed by atoms with Gasteiger partial charge in [-0.25, -0.2) is 4.68 Å². The molecule has 6 heteroatoms. The molecule has 0 aliphatic heterocycles. The predicted octanol–water partition coefficient (Wildman–Crippen LogP) is 1.03. The van der Waals surface area contributed by atoms with Crippen molar-refractivity contribution in [2.45, 2.75) is 45.3 Å². The highest BCUT2D eigenvalue weighted by Crippen LogP contribution is 2.06. The van der Waals surface area contributed by atoms with Gasteiger partial charge < -0.3 is 11.1 Å². The normalized spacial score (nSPS) is 13.8. The Kier molecular flexibility index (Phi) is 5.27. The molecule has 1 amide bonds. The van der Waals surface area contributed by atoms with E-state index in [1.807, 2.05) is 32.0 Å². The zero-order valence-corrected chi connectivity index (χ0v) is 13.0. The van der Waals surface area contributed by atoms with Crippen LogP contribution in [0.3, 0.4) is 0 Å². The highest BCUT2D eigenvalue weighted by Gasteiger charge is 2.16. The Morgan fingerprint density at radius 3 is 2.86 bits per heavy atom. The van der Waals surface area contributed by atoms with Gasteiger partial charge in [0.2, 0.25) is 5.91 Å². The molecule has 2 unspecified atom stereocenters. The molecular weight excluding hydrogens is 280 g/mol. The van der Waals surface area contributed by atoms with Gasteiger partial charge in [0.05, 0.1) is 24.2 Å². The summed E-state index contributed by atoms with van der Waals surface area (Å²) in [4.78, 5) is 24.2. The Labute approximate surface area is 129 Å². The minimum atomic E-state index is -0.506. The summed E-state index contributed by atoms with van der Waals surface area (Å²) in [6, 6.07) is 6.59. The van der Waals surface area contributed by atoms with Crippen molar-refractivity contribution in [1.82, 2.24) is 15.1 Å². The minimum absolute atomic E-state index is 0.156. The molecule has 3 N–H and O–H groups in total. The molecule has 0 fully saturated rings. The zero-order valence-electron chi connectivity index (χ0n) is 13.0. The molecule has 0 aliphatic carbocycles. The van der Waals surface area contributed by atoms with Crippen LogP contribution in [-0.2, 0) is 11.3 Å². The molecular formula is C16H22N4O2. The molecule has 0 aliphatic rings. The van der Waals surface area contributed by atoms with Gasteiger partial charge in [-0.3, -0.25) is 9.59 Å². The third kappa shape index (κ3) is 3.71. The lowest BCUT2D eigenvalue weighted by molar-refractivity contribution is -0.123. The van der Waals surface area contributed by atoms with Crippen molar-refractivity contribution in [2.75, 3.05) is 0 Å². The lowest BCUT2D eigenvalue weighted by Gasteiger charge is -2.17. The van der Waals surface area contributed by atoms with Crippen molar-refractivity contribution >= 4 is 16.7 Å². The molecule has 6 nitrogen and oxygen atoms in total. The van der Waals surface area contributed by atoms with E-state index in [0.29, 0.717) is 18.4 Å². The molecule has 1 heterocycles. The van der Waals surface area contributed by atoms with Crippen LogP contribution in [0.1, 0.15) is 26.7 Å². The maximum atomic E-state index is 12.3. The third-order valence-electron chi connectivity index (χ3n) is 3.53. The molecule has 2 atom stereocenters. The van der Waals surface area contributed by atoms with Crippen LogP contribution in [0, 0.1) is 0 Å². The number of aromatic nitrogens is 2. The molecule has 0 saturated carbocycles. The zero-order chi connectivity index (χ0) is 16.1. The number of nitrogens with two attached hydrogens (primary N) is 1.